The average molecular weight is 392 g/mol. The average Bonchev–Trinajstić information content (AvgIpc) is 3.13. The normalized spacial score (nSPS) is 16.9. The number of anilines is 1. The number of piperazine rings is 1. The Labute approximate surface area is 164 Å². The van der Waals surface area contributed by atoms with Gasteiger partial charge in [0.15, 0.2) is 0 Å². The predicted molar refractivity (Wildman–Crippen MR) is 106 cm³/mol. The number of aromatic nitrogens is 2. The summed E-state index contributed by atoms with van der Waals surface area (Å²) in [4.78, 5) is 29.1. The first kappa shape index (κ1) is 21.8. The zero-order chi connectivity index (χ0) is 20.5. The molecule has 8 nitrogen and oxygen atoms in total. The van der Waals surface area contributed by atoms with E-state index >= 15 is 0 Å². The summed E-state index contributed by atoms with van der Waals surface area (Å²) in [5, 5.41) is 11.8. The van der Waals surface area contributed by atoms with Gasteiger partial charge in [-0.25, -0.2) is 4.39 Å². The molecule has 0 saturated carbocycles. The molecule has 2 heterocycles. The highest BCUT2D eigenvalue weighted by Gasteiger charge is 2.18. The van der Waals surface area contributed by atoms with Crippen LogP contribution in [0.25, 0.3) is 0 Å². The van der Waals surface area contributed by atoms with Gasteiger partial charge in [0.05, 0.1) is 17.7 Å². The molecule has 0 unspecified atom stereocenters. The maximum Gasteiger partial charge on any atom is 0.275 e. The lowest BCUT2D eigenvalue weighted by molar-refractivity contribution is -0.116. The first-order chi connectivity index (χ1) is 13.4. The van der Waals surface area contributed by atoms with E-state index in [1.165, 1.54) is 18.3 Å². The van der Waals surface area contributed by atoms with Gasteiger partial charge in [0, 0.05) is 44.8 Å². The second-order valence-electron chi connectivity index (χ2n) is 6.87. The summed E-state index contributed by atoms with van der Waals surface area (Å²) in [6.45, 7) is 7.93. The topological polar surface area (TPSA) is 93.4 Å². The smallest absolute Gasteiger partial charge is 0.275 e. The number of likely N-dealkylation sites (N-methyl/N-ethyl adjacent to an activating group) is 1. The minimum atomic E-state index is -0.453. The van der Waals surface area contributed by atoms with Crippen molar-refractivity contribution in [1.82, 2.24) is 25.3 Å². The van der Waals surface area contributed by atoms with E-state index in [4.69, 9.17) is 0 Å². The van der Waals surface area contributed by atoms with E-state index < -0.39 is 5.91 Å². The molecule has 0 bridgehead atoms. The third-order valence-electron chi connectivity index (χ3n) is 4.55. The Bertz CT molecular complexity index is 735. The lowest BCUT2D eigenvalue weighted by Gasteiger charge is -2.32. The lowest BCUT2D eigenvalue weighted by Crippen LogP contribution is -2.45. The van der Waals surface area contributed by atoms with E-state index in [9.17, 15) is 14.0 Å². The van der Waals surface area contributed by atoms with Crippen molar-refractivity contribution in [3.63, 3.8) is 0 Å². The molecule has 2 amide bonds. The number of carbonyl (C=O) groups excluding carboxylic acids is 2. The van der Waals surface area contributed by atoms with Crippen molar-refractivity contribution in [3.05, 3.63) is 35.6 Å². The maximum absolute atomic E-state index is 13.2. The van der Waals surface area contributed by atoms with Crippen LogP contribution in [0.15, 0.2) is 29.9 Å². The van der Waals surface area contributed by atoms with Crippen LogP contribution in [0.4, 0.5) is 10.1 Å². The molecule has 9 heteroatoms. The SMILES string of the molecule is CC/C(F)=C\C=C(/C)NC(=O)c1[nH]ncc1NC(=O)CCN1CCN(C)CC1. The van der Waals surface area contributed by atoms with Gasteiger partial charge in [0.1, 0.15) is 5.69 Å². The fraction of sp³-hybridized carbons (Fsp3) is 0.526. The zero-order valence-corrected chi connectivity index (χ0v) is 16.7. The zero-order valence-electron chi connectivity index (χ0n) is 16.7. The molecule has 1 fully saturated rings. The number of nitrogens with one attached hydrogen (secondary N) is 3. The Morgan fingerprint density at radius 3 is 2.68 bits per heavy atom. The van der Waals surface area contributed by atoms with Crippen molar-refractivity contribution < 1.29 is 14.0 Å². The second-order valence-corrected chi connectivity index (χ2v) is 6.87. The number of nitrogens with zero attached hydrogens (tertiary/aromatic N) is 3. The van der Waals surface area contributed by atoms with E-state index in [0.717, 1.165) is 26.2 Å². The summed E-state index contributed by atoms with van der Waals surface area (Å²) in [5.74, 6) is -0.899. The van der Waals surface area contributed by atoms with E-state index in [-0.39, 0.29) is 17.4 Å². The maximum atomic E-state index is 13.2. The Hall–Kier alpha value is -2.52. The Morgan fingerprint density at radius 1 is 1.29 bits per heavy atom. The molecule has 2 rings (SSSR count). The van der Waals surface area contributed by atoms with Crippen LogP contribution in [0.2, 0.25) is 0 Å². The molecule has 0 spiro atoms. The molecule has 0 aromatic carbocycles. The van der Waals surface area contributed by atoms with Crippen LogP contribution >= 0.6 is 0 Å². The molecule has 1 saturated heterocycles. The highest BCUT2D eigenvalue weighted by atomic mass is 19.1. The van der Waals surface area contributed by atoms with Crippen molar-refractivity contribution in [2.75, 3.05) is 45.1 Å². The molecule has 3 N–H and O–H groups in total. The highest BCUT2D eigenvalue weighted by molar-refractivity contribution is 6.02. The Kier molecular flexibility index (Phi) is 8.34. The Morgan fingerprint density at radius 2 is 2.00 bits per heavy atom. The molecule has 1 aromatic heterocycles. The van der Waals surface area contributed by atoms with Crippen LogP contribution in [0.5, 0.6) is 0 Å². The number of halogens is 1. The van der Waals surface area contributed by atoms with E-state index in [1.807, 2.05) is 0 Å². The fourth-order valence-corrected chi connectivity index (χ4v) is 2.71. The number of amides is 2. The molecular weight excluding hydrogens is 363 g/mol. The number of hydrogen-bond donors (Lipinski definition) is 3. The predicted octanol–water partition coefficient (Wildman–Crippen LogP) is 1.88. The molecule has 1 aliphatic rings. The van der Waals surface area contributed by atoms with Gasteiger partial charge in [-0.2, -0.15) is 5.10 Å². The molecular formula is C19H29FN6O2. The first-order valence-corrected chi connectivity index (χ1v) is 9.47. The molecule has 1 aromatic rings. The van der Waals surface area contributed by atoms with Crippen LogP contribution in [0.3, 0.4) is 0 Å². The molecule has 0 aliphatic carbocycles. The van der Waals surface area contributed by atoms with E-state index in [1.54, 1.807) is 13.8 Å². The summed E-state index contributed by atoms with van der Waals surface area (Å²) in [6.07, 6.45) is 4.84. The molecule has 154 valence electrons. The van der Waals surface area contributed by atoms with E-state index in [2.05, 4.69) is 37.7 Å². The van der Waals surface area contributed by atoms with Crippen LogP contribution in [0, 0.1) is 0 Å². The number of hydrogen-bond acceptors (Lipinski definition) is 5. The lowest BCUT2D eigenvalue weighted by atomic mass is 10.2. The summed E-state index contributed by atoms with van der Waals surface area (Å²) >= 11 is 0. The van der Waals surface area contributed by atoms with Crippen LogP contribution in [-0.2, 0) is 4.79 Å². The number of carbonyl (C=O) groups is 2. The molecule has 1 aliphatic heterocycles. The van der Waals surface area contributed by atoms with Crippen LogP contribution < -0.4 is 10.6 Å². The van der Waals surface area contributed by atoms with Gasteiger partial charge in [-0.1, -0.05) is 6.92 Å². The van der Waals surface area contributed by atoms with Crippen molar-refractivity contribution in [1.29, 1.82) is 0 Å². The summed E-state index contributed by atoms with van der Waals surface area (Å²) in [5.41, 5.74) is 0.958. The van der Waals surface area contributed by atoms with Crippen molar-refractivity contribution >= 4 is 17.5 Å². The fourth-order valence-electron chi connectivity index (χ4n) is 2.71. The van der Waals surface area contributed by atoms with Crippen molar-refractivity contribution in [2.45, 2.75) is 26.7 Å². The van der Waals surface area contributed by atoms with Gasteiger partial charge in [-0.15, -0.1) is 0 Å². The molecule has 0 radical (unpaired) electrons. The summed E-state index contributed by atoms with van der Waals surface area (Å²) in [7, 11) is 2.09. The summed E-state index contributed by atoms with van der Waals surface area (Å²) < 4.78 is 13.2. The largest absolute Gasteiger partial charge is 0.325 e. The number of aromatic amines is 1. The molecule has 0 atom stereocenters. The van der Waals surface area contributed by atoms with E-state index in [0.29, 0.717) is 30.8 Å². The third kappa shape index (κ3) is 6.90. The van der Waals surface area contributed by atoms with Crippen molar-refractivity contribution in [2.24, 2.45) is 0 Å². The molecule has 28 heavy (non-hydrogen) atoms. The van der Waals surface area contributed by atoms with Crippen LogP contribution in [0.1, 0.15) is 37.2 Å². The van der Waals surface area contributed by atoms with Gasteiger partial charge >= 0.3 is 0 Å². The number of allylic oxidation sites excluding steroid dienone is 4. The van der Waals surface area contributed by atoms with Gasteiger partial charge in [0.25, 0.3) is 5.91 Å². The number of rotatable bonds is 8. The van der Waals surface area contributed by atoms with Gasteiger partial charge in [0.2, 0.25) is 5.91 Å². The standard InChI is InChI=1S/C19H29FN6O2/c1-4-15(20)6-5-14(2)22-19(28)18-16(13-21-24-18)23-17(27)7-8-26-11-9-25(3)10-12-26/h5-6,13H,4,7-12H2,1-3H3,(H,21,24)(H,22,28)(H,23,27)/b14-5+,15-6+. The van der Waals surface area contributed by atoms with Crippen LogP contribution in [-0.4, -0.2) is 71.6 Å². The highest BCUT2D eigenvalue weighted by Crippen LogP contribution is 2.13. The first-order valence-electron chi connectivity index (χ1n) is 9.47. The quantitative estimate of drug-likeness (QED) is 0.588. The monoisotopic (exact) mass is 392 g/mol. The summed E-state index contributed by atoms with van der Waals surface area (Å²) in [6, 6.07) is 0. The van der Waals surface area contributed by atoms with Gasteiger partial charge in [-0.3, -0.25) is 14.7 Å². The minimum Gasteiger partial charge on any atom is -0.325 e. The minimum absolute atomic E-state index is 0.153. The van der Waals surface area contributed by atoms with Crippen molar-refractivity contribution in [3.8, 4) is 0 Å². The van der Waals surface area contributed by atoms with Gasteiger partial charge < -0.3 is 20.4 Å². The number of H-pyrrole nitrogens is 1. The van der Waals surface area contributed by atoms with Gasteiger partial charge in [-0.05, 0) is 32.5 Å². The third-order valence-corrected chi connectivity index (χ3v) is 4.55. The Balaban J connectivity index is 1.86. The second kappa shape index (κ2) is 10.7.